The van der Waals surface area contributed by atoms with Gasteiger partial charge >= 0.3 is 0 Å². The molecule has 5 heteroatoms. The maximum atomic E-state index is 13.4. The van der Waals surface area contributed by atoms with Gasteiger partial charge in [0.15, 0.2) is 23.2 Å². The van der Waals surface area contributed by atoms with Crippen molar-refractivity contribution in [3.05, 3.63) is 70.0 Å². The Balaban J connectivity index is 1.72. The van der Waals surface area contributed by atoms with Gasteiger partial charge in [0.2, 0.25) is 0 Å². The van der Waals surface area contributed by atoms with E-state index < -0.39 is 17.5 Å². The Bertz CT molecular complexity index is 906. The number of halogens is 3. The third-order valence-electron chi connectivity index (χ3n) is 5.59. The van der Waals surface area contributed by atoms with Crippen molar-refractivity contribution in [2.24, 2.45) is 5.41 Å². The summed E-state index contributed by atoms with van der Waals surface area (Å²) in [6.07, 6.45) is 4.20. The second-order valence-corrected chi connectivity index (χ2v) is 7.99. The van der Waals surface area contributed by atoms with Gasteiger partial charge in [0, 0.05) is 18.4 Å². The second kappa shape index (κ2) is 7.90. The third-order valence-corrected chi connectivity index (χ3v) is 5.59. The average Bonchev–Trinajstić information content (AvgIpc) is 3.37. The number of carbonyl (C=O) groups excluding carboxylic acids is 2. The lowest BCUT2D eigenvalue weighted by Gasteiger charge is -2.15. The van der Waals surface area contributed by atoms with Crippen LogP contribution >= 0.6 is 0 Å². The SMILES string of the molecule is CC(=O)CC1(CCc2cc(C(=O)Cc3cc(F)c(F)c(F)c3)ccc2C)CC1. The van der Waals surface area contributed by atoms with Crippen LogP contribution in [-0.4, -0.2) is 11.6 Å². The van der Waals surface area contributed by atoms with Crippen molar-refractivity contribution in [3.63, 3.8) is 0 Å². The first-order chi connectivity index (χ1) is 13.2. The molecule has 148 valence electrons. The van der Waals surface area contributed by atoms with Gasteiger partial charge in [-0.1, -0.05) is 12.1 Å². The van der Waals surface area contributed by atoms with Crippen molar-refractivity contribution in [2.75, 3.05) is 0 Å². The maximum absolute atomic E-state index is 13.4. The van der Waals surface area contributed by atoms with E-state index in [2.05, 4.69) is 0 Å². The lowest BCUT2D eigenvalue weighted by molar-refractivity contribution is -0.118. The minimum Gasteiger partial charge on any atom is -0.300 e. The van der Waals surface area contributed by atoms with Gasteiger partial charge in [-0.2, -0.15) is 0 Å². The van der Waals surface area contributed by atoms with E-state index in [-0.39, 0.29) is 29.0 Å². The predicted octanol–water partition coefficient (Wildman–Crippen LogP) is 5.53. The van der Waals surface area contributed by atoms with Crippen LogP contribution in [0.2, 0.25) is 0 Å². The molecule has 0 bridgehead atoms. The van der Waals surface area contributed by atoms with E-state index >= 15 is 0 Å². The molecule has 0 radical (unpaired) electrons. The smallest absolute Gasteiger partial charge is 0.194 e. The summed E-state index contributed by atoms with van der Waals surface area (Å²) in [7, 11) is 0. The van der Waals surface area contributed by atoms with E-state index in [0.29, 0.717) is 12.0 Å². The molecular weight excluding hydrogens is 365 g/mol. The molecule has 1 fully saturated rings. The third kappa shape index (κ3) is 4.70. The van der Waals surface area contributed by atoms with Gasteiger partial charge in [0.05, 0.1) is 0 Å². The van der Waals surface area contributed by atoms with Gasteiger partial charge in [0.25, 0.3) is 0 Å². The summed E-state index contributed by atoms with van der Waals surface area (Å²) in [5.41, 5.74) is 2.77. The zero-order valence-corrected chi connectivity index (χ0v) is 16.1. The van der Waals surface area contributed by atoms with Gasteiger partial charge in [-0.15, -0.1) is 0 Å². The first-order valence-corrected chi connectivity index (χ1v) is 9.45. The van der Waals surface area contributed by atoms with Gasteiger partial charge in [0.1, 0.15) is 5.78 Å². The van der Waals surface area contributed by atoms with Crippen molar-refractivity contribution in [3.8, 4) is 0 Å². The highest BCUT2D eigenvalue weighted by Crippen LogP contribution is 2.52. The number of rotatable bonds is 8. The van der Waals surface area contributed by atoms with Crippen LogP contribution in [0.15, 0.2) is 30.3 Å². The summed E-state index contributed by atoms with van der Waals surface area (Å²) in [6.45, 7) is 3.59. The molecule has 2 nitrogen and oxygen atoms in total. The van der Waals surface area contributed by atoms with Crippen LogP contribution in [0.1, 0.15) is 59.7 Å². The van der Waals surface area contributed by atoms with Crippen LogP contribution in [0.3, 0.4) is 0 Å². The monoisotopic (exact) mass is 388 g/mol. The molecule has 1 aliphatic carbocycles. The molecule has 0 atom stereocenters. The van der Waals surface area contributed by atoms with Crippen molar-refractivity contribution in [1.82, 2.24) is 0 Å². The molecule has 0 N–H and O–H groups in total. The quantitative estimate of drug-likeness (QED) is 0.440. The fourth-order valence-electron chi connectivity index (χ4n) is 3.73. The van der Waals surface area contributed by atoms with Crippen LogP contribution in [0.5, 0.6) is 0 Å². The highest BCUT2D eigenvalue weighted by molar-refractivity contribution is 5.97. The largest absolute Gasteiger partial charge is 0.300 e. The molecule has 0 heterocycles. The highest BCUT2D eigenvalue weighted by Gasteiger charge is 2.42. The Hall–Kier alpha value is -2.43. The lowest BCUT2D eigenvalue weighted by Crippen LogP contribution is -2.09. The Kier molecular flexibility index (Phi) is 5.73. The highest BCUT2D eigenvalue weighted by atomic mass is 19.2. The topological polar surface area (TPSA) is 34.1 Å². The van der Waals surface area contributed by atoms with Crippen LogP contribution in [0.4, 0.5) is 13.2 Å². The summed E-state index contributed by atoms with van der Waals surface area (Å²) in [4.78, 5) is 24.0. The first-order valence-electron chi connectivity index (χ1n) is 9.45. The Morgan fingerprint density at radius 3 is 2.25 bits per heavy atom. The number of Topliss-reactive ketones (excluding diaryl/α,β-unsaturated/α-hetero) is 2. The van der Waals surface area contributed by atoms with Crippen molar-refractivity contribution in [1.29, 1.82) is 0 Å². The maximum Gasteiger partial charge on any atom is 0.194 e. The van der Waals surface area contributed by atoms with E-state index in [0.717, 1.165) is 48.9 Å². The van der Waals surface area contributed by atoms with Gasteiger partial charge in [-0.3, -0.25) is 4.79 Å². The van der Waals surface area contributed by atoms with Crippen LogP contribution in [0, 0.1) is 29.8 Å². The normalized spacial score (nSPS) is 14.8. The summed E-state index contributed by atoms with van der Waals surface area (Å²) < 4.78 is 39.8. The van der Waals surface area contributed by atoms with E-state index in [1.807, 2.05) is 19.1 Å². The van der Waals surface area contributed by atoms with Crippen molar-refractivity contribution < 1.29 is 22.8 Å². The molecule has 1 saturated carbocycles. The van der Waals surface area contributed by atoms with Gasteiger partial charge in [-0.05, 0) is 79.8 Å². The summed E-state index contributed by atoms with van der Waals surface area (Å²) in [5, 5.41) is 0. The minimum absolute atomic E-state index is 0.0990. The molecule has 0 unspecified atom stereocenters. The number of carbonyl (C=O) groups is 2. The molecule has 28 heavy (non-hydrogen) atoms. The number of hydrogen-bond donors (Lipinski definition) is 0. The van der Waals surface area contributed by atoms with Gasteiger partial charge in [-0.25, -0.2) is 13.2 Å². The number of benzene rings is 2. The fourth-order valence-corrected chi connectivity index (χ4v) is 3.73. The van der Waals surface area contributed by atoms with Crippen molar-refractivity contribution >= 4 is 11.6 Å². The summed E-state index contributed by atoms with van der Waals surface area (Å²) in [5.74, 6) is -4.21. The lowest BCUT2D eigenvalue weighted by atomic mass is 9.89. The zero-order chi connectivity index (χ0) is 20.5. The standard InChI is InChI=1S/C23H23F3O2/c1-14-3-4-18(12-17(14)5-6-23(7-8-23)13-15(2)27)21(28)11-16-9-19(24)22(26)20(25)10-16/h3-4,9-10,12H,5-8,11,13H2,1-2H3. The molecule has 1 aliphatic rings. The van der Waals surface area contributed by atoms with Gasteiger partial charge < -0.3 is 4.79 Å². The Morgan fingerprint density at radius 1 is 1.04 bits per heavy atom. The average molecular weight is 388 g/mol. The molecule has 2 aromatic carbocycles. The zero-order valence-electron chi connectivity index (χ0n) is 16.1. The van der Waals surface area contributed by atoms with Crippen LogP contribution < -0.4 is 0 Å². The van der Waals surface area contributed by atoms with E-state index in [1.165, 1.54) is 0 Å². The fraction of sp³-hybridized carbons (Fsp3) is 0.391. The summed E-state index contributed by atoms with van der Waals surface area (Å²) in [6, 6.07) is 7.07. The number of hydrogen-bond acceptors (Lipinski definition) is 2. The molecule has 0 spiro atoms. The van der Waals surface area contributed by atoms with Crippen LogP contribution in [0.25, 0.3) is 0 Å². The molecular formula is C23H23F3O2. The molecule has 0 amide bonds. The minimum atomic E-state index is -1.53. The van der Waals surface area contributed by atoms with Crippen LogP contribution in [-0.2, 0) is 17.6 Å². The van der Waals surface area contributed by atoms with Crippen molar-refractivity contribution in [2.45, 2.75) is 52.4 Å². The summed E-state index contributed by atoms with van der Waals surface area (Å²) >= 11 is 0. The predicted molar refractivity (Wildman–Crippen MR) is 101 cm³/mol. The number of ketones is 2. The molecule has 0 aromatic heterocycles. The first kappa shape index (κ1) is 20.3. The van der Waals surface area contributed by atoms with E-state index in [9.17, 15) is 22.8 Å². The molecule has 0 saturated heterocycles. The molecule has 2 aromatic rings. The van der Waals surface area contributed by atoms with E-state index in [4.69, 9.17) is 0 Å². The number of aryl methyl sites for hydroxylation is 2. The molecule has 3 rings (SSSR count). The Morgan fingerprint density at radius 2 is 1.68 bits per heavy atom. The Labute approximate surface area is 162 Å². The molecule has 0 aliphatic heterocycles. The second-order valence-electron chi connectivity index (χ2n) is 7.99. The van der Waals surface area contributed by atoms with E-state index in [1.54, 1.807) is 13.0 Å².